The molecule has 0 aromatic heterocycles. The van der Waals surface area contributed by atoms with Crippen LogP contribution in [0.4, 0.5) is 0 Å². The Hall–Kier alpha value is 0.820. The Labute approximate surface area is 139 Å². The lowest BCUT2D eigenvalue weighted by molar-refractivity contribution is 0.0213. The fourth-order valence-electron chi connectivity index (χ4n) is 3.54. The van der Waals surface area contributed by atoms with E-state index in [0.717, 1.165) is 18.7 Å². The molecule has 0 spiro atoms. The maximum atomic E-state index is 10.5. The van der Waals surface area contributed by atoms with Crippen LogP contribution in [0, 0.1) is 5.92 Å². The molecule has 0 aromatic carbocycles. The van der Waals surface area contributed by atoms with Gasteiger partial charge in [-0.3, -0.25) is 0 Å². The molecule has 1 rings (SSSR count). The van der Waals surface area contributed by atoms with Gasteiger partial charge in [0.25, 0.3) is 0 Å². The van der Waals surface area contributed by atoms with Crippen LogP contribution >= 0.6 is 20.7 Å². The van der Waals surface area contributed by atoms with Crippen LogP contribution in [0.25, 0.3) is 0 Å². The summed E-state index contributed by atoms with van der Waals surface area (Å²) in [5.74, 6) is 1.46. The minimum atomic E-state index is -1.17. The summed E-state index contributed by atoms with van der Waals surface area (Å²) in [5, 5.41) is 10.5. The molecular weight excluding hydrogens is 329 g/mol. The smallest absolute Gasteiger partial charge is 0.0855 e. The highest BCUT2D eigenvalue weighted by Gasteiger charge is 2.41. The molecule has 22 heavy (non-hydrogen) atoms. The van der Waals surface area contributed by atoms with Gasteiger partial charge in [0.1, 0.15) is 0 Å². The van der Waals surface area contributed by atoms with Crippen LogP contribution in [0.1, 0.15) is 13.3 Å². The van der Waals surface area contributed by atoms with E-state index in [1.807, 2.05) is 6.92 Å². The van der Waals surface area contributed by atoms with E-state index in [1.165, 1.54) is 5.90 Å². The largest absolute Gasteiger partial charge is 0.390 e. The standard InChI is InChI=1S/C17H37O2P3/c1-14-17(18)15(12-20(2,3)4)16(19-14)10-11-22(8,9)13-21(5,6)7/h14-18H,2,5,8,10-13H2,1,3-4,6-7,9H3. The van der Waals surface area contributed by atoms with Gasteiger partial charge in [-0.25, -0.2) is 0 Å². The van der Waals surface area contributed by atoms with E-state index in [1.54, 1.807) is 0 Å². The average Bonchev–Trinajstić information content (AvgIpc) is 2.49. The number of rotatable bonds is 7. The summed E-state index contributed by atoms with van der Waals surface area (Å²) in [6, 6.07) is 0. The van der Waals surface area contributed by atoms with E-state index in [2.05, 4.69) is 52.2 Å². The van der Waals surface area contributed by atoms with Gasteiger partial charge in [0, 0.05) is 5.92 Å². The van der Waals surface area contributed by atoms with E-state index in [4.69, 9.17) is 4.74 Å². The average molecular weight is 366 g/mol. The van der Waals surface area contributed by atoms with Gasteiger partial charge in [0.05, 0.1) is 18.3 Å². The van der Waals surface area contributed by atoms with Gasteiger partial charge >= 0.3 is 0 Å². The second-order valence-corrected chi connectivity index (χ2v) is 21.8. The van der Waals surface area contributed by atoms with Crippen molar-refractivity contribution in [1.29, 1.82) is 0 Å². The summed E-state index contributed by atoms with van der Waals surface area (Å²) in [5.41, 5.74) is 0. The Bertz CT molecular complexity index is 514. The summed E-state index contributed by atoms with van der Waals surface area (Å²) < 4.78 is 6.08. The van der Waals surface area contributed by atoms with Crippen molar-refractivity contribution in [2.45, 2.75) is 31.7 Å². The predicted molar refractivity (Wildman–Crippen MR) is 115 cm³/mol. The Morgan fingerprint density at radius 2 is 1.55 bits per heavy atom. The third-order valence-corrected chi connectivity index (χ3v) is 12.7. The minimum Gasteiger partial charge on any atom is -0.390 e. The quantitative estimate of drug-likeness (QED) is 0.698. The summed E-state index contributed by atoms with van der Waals surface area (Å²) in [6.45, 7) is 10.1. The van der Waals surface area contributed by atoms with Gasteiger partial charge < -0.3 is 9.84 Å². The molecule has 0 amide bonds. The number of aliphatic hydroxyl groups is 1. The normalized spacial score (nSPS) is 32.9. The zero-order chi connectivity index (χ0) is 17.3. The van der Waals surface area contributed by atoms with Crippen LogP contribution < -0.4 is 0 Å². The molecule has 0 bridgehead atoms. The van der Waals surface area contributed by atoms with Crippen molar-refractivity contribution in [2.75, 3.05) is 51.6 Å². The molecule has 5 atom stereocenters. The molecule has 1 fully saturated rings. The topological polar surface area (TPSA) is 29.5 Å². The first-order valence-electron chi connectivity index (χ1n) is 8.07. The highest BCUT2D eigenvalue weighted by atomic mass is 31.2. The van der Waals surface area contributed by atoms with Gasteiger partial charge in [-0.2, -0.15) is 0 Å². The molecule has 0 aliphatic carbocycles. The van der Waals surface area contributed by atoms with Crippen LogP contribution in [0.15, 0.2) is 0 Å². The lowest BCUT2D eigenvalue weighted by Gasteiger charge is -2.29. The number of hydrogen-bond acceptors (Lipinski definition) is 2. The maximum absolute atomic E-state index is 10.5. The first-order valence-corrected chi connectivity index (χ1v) is 17.0. The van der Waals surface area contributed by atoms with Crippen LogP contribution in [0.2, 0.25) is 0 Å². The number of aliphatic hydroxyl groups excluding tert-OH is 1. The molecular formula is C17H37O2P3. The molecule has 1 heterocycles. The Morgan fingerprint density at radius 3 is 2.00 bits per heavy atom. The van der Waals surface area contributed by atoms with Crippen LogP contribution in [-0.2, 0) is 4.74 Å². The molecule has 2 nitrogen and oxygen atoms in total. The fraction of sp³-hybridized carbons (Fsp3) is 0.824. The van der Waals surface area contributed by atoms with Crippen molar-refractivity contribution in [3.63, 3.8) is 0 Å². The molecule has 1 aliphatic heterocycles. The van der Waals surface area contributed by atoms with E-state index >= 15 is 0 Å². The number of ether oxygens (including phenoxy) is 1. The Balaban J connectivity index is 2.72. The van der Waals surface area contributed by atoms with Gasteiger partial charge in [-0.05, 0) is 64.9 Å². The van der Waals surface area contributed by atoms with E-state index in [9.17, 15) is 5.11 Å². The molecule has 1 N–H and O–H groups in total. The van der Waals surface area contributed by atoms with Crippen molar-refractivity contribution >= 4 is 39.6 Å². The van der Waals surface area contributed by atoms with Crippen molar-refractivity contribution in [1.82, 2.24) is 0 Å². The first kappa shape index (κ1) is 20.9. The fourth-order valence-corrected chi connectivity index (χ4v) is 14.0. The van der Waals surface area contributed by atoms with Crippen LogP contribution in [0.5, 0.6) is 0 Å². The van der Waals surface area contributed by atoms with Gasteiger partial charge in [0.15, 0.2) is 0 Å². The number of hydrogen-bond donors (Lipinski definition) is 1. The van der Waals surface area contributed by atoms with Gasteiger partial charge in [-0.15, -0.1) is 39.6 Å². The molecule has 1 saturated heterocycles. The maximum Gasteiger partial charge on any atom is 0.0855 e. The van der Waals surface area contributed by atoms with Gasteiger partial charge in [-0.1, -0.05) is 0 Å². The zero-order valence-electron chi connectivity index (χ0n) is 15.5. The molecule has 0 aromatic rings. The highest BCUT2D eigenvalue weighted by molar-refractivity contribution is 7.88. The second kappa shape index (κ2) is 7.37. The molecule has 1 aliphatic rings. The third kappa shape index (κ3) is 7.15. The van der Waals surface area contributed by atoms with Crippen LogP contribution in [0.3, 0.4) is 0 Å². The molecule has 0 radical (unpaired) electrons. The Kier molecular flexibility index (Phi) is 6.99. The highest BCUT2D eigenvalue weighted by Crippen LogP contribution is 2.56. The summed E-state index contributed by atoms with van der Waals surface area (Å²) in [6.07, 6.45) is 16.2. The Morgan fingerprint density at radius 1 is 1.00 bits per heavy atom. The molecule has 132 valence electrons. The van der Waals surface area contributed by atoms with Crippen molar-refractivity contribution in [2.24, 2.45) is 5.92 Å². The van der Waals surface area contributed by atoms with Crippen molar-refractivity contribution in [3.05, 3.63) is 0 Å². The minimum absolute atomic E-state index is 0.0484. The summed E-state index contributed by atoms with van der Waals surface area (Å²) >= 11 is 0. The van der Waals surface area contributed by atoms with Gasteiger partial charge in [0.2, 0.25) is 0 Å². The van der Waals surface area contributed by atoms with E-state index < -0.39 is 20.7 Å². The molecule has 5 unspecified atom stereocenters. The monoisotopic (exact) mass is 366 g/mol. The SMILES string of the molecule is C=P(C)(C)CC1C(CCP(=C)(C)CP(=C)(C)C)OC(C)C1O. The van der Waals surface area contributed by atoms with E-state index in [-0.39, 0.29) is 24.2 Å². The van der Waals surface area contributed by atoms with Crippen LogP contribution in [-0.4, -0.2) is 93.9 Å². The summed E-state index contributed by atoms with van der Waals surface area (Å²) in [7, 11) is 0. The van der Waals surface area contributed by atoms with Crippen molar-refractivity contribution in [3.8, 4) is 0 Å². The predicted octanol–water partition coefficient (Wildman–Crippen LogP) is 3.60. The molecule has 0 saturated carbocycles. The third-order valence-electron chi connectivity index (χ3n) is 4.17. The molecule has 5 heteroatoms. The first-order chi connectivity index (χ1) is 9.70. The van der Waals surface area contributed by atoms with E-state index in [0.29, 0.717) is 0 Å². The zero-order valence-corrected chi connectivity index (χ0v) is 18.1. The van der Waals surface area contributed by atoms with Crippen molar-refractivity contribution < 1.29 is 9.84 Å². The lowest BCUT2D eigenvalue weighted by atomic mass is 9.97. The summed E-state index contributed by atoms with van der Waals surface area (Å²) in [4.78, 5) is 0. The second-order valence-electron chi connectivity index (χ2n) is 8.86. The lowest BCUT2D eigenvalue weighted by Crippen LogP contribution is -2.29.